The smallest absolute Gasteiger partial charge is 0.231 e. The van der Waals surface area contributed by atoms with Crippen molar-refractivity contribution in [3.05, 3.63) is 29.8 Å². The molecule has 3 nitrogen and oxygen atoms in total. The molecule has 0 aliphatic carbocycles. The lowest BCUT2D eigenvalue weighted by molar-refractivity contribution is -0.129. The van der Waals surface area contributed by atoms with E-state index < -0.39 is 0 Å². The number of nitrogens with one attached hydrogen (secondary N) is 1. The molecule has 0 radical (unpaired) electrons. The van der Waals surface area contributed by atoms with E-state index in [4.69, 9.17) is 0 Å². The Hall–Kier alpha value is -1.35. The number of anilines is 1. The Balaban J connectivity index is 1.81. The molecule has 1 spiro atoms. The normalized spacial score (nSPS) is 22.4. The second kappa shape index (κ2) is 4.64. The van der Waals surface area contributed by atoms with Crippen LogP contribution in [0.1, 0.15) is 32.3 Å². The van der Waals surface area contributed by atoms with Gasteiger partial charge in [0.2, 0.25) is 5.91 Å². The van der Waals surface area contributed by atoms with Crippen LogP contribution < -0.4 is 5.32 Å². The summed E-state index contributed by atoms with van der Waals surface area (Å²) in [5.74, 6) is 0.231. The third-order valence-electron chi connectivity index (χ3n) is 4.76. The summed E-state index contributed by atoms with van der Waals surface area (Å²) in [5.41, 5.74) is 2.13. The number of nitrogens with zero attached hydrogens (tertiary/aromatic N) is 1. The van der Waals surface area contributed by atoms with Crippen molar-refractivity contribution in [3.63, 3.8) is 0 Å². The van der Waals surface area contributed by atoms with E-state index in [2.05, 4.69) is 36.2 Å². The minimum Gasteiger partial charge on any atom is -0.325 e. The van der Waals surface area contributed by atoms with E-state index in [0.29, 0.717) is 6.04 Å². The monoisotopic (exact) mass is 258 g/mol. The van der Waals surface area contributed by atoms with E-state index in [1.165, 1.54) is 5.56 Å². The van der Waals surface area contributed by atoms with Crippen LogP contribution >= 0.6 is 0 Å². The second-order valence-electron chi connectivity index (χ2n) is 6.20. The molecule has 1 N–H and O–H groups in total. The summed E-state index contributed by atoms with van der Waals surface area (Å²) in [6.45, 7) is 6.53. The Kier molecular flexibility index (Phi) is 3.09. The predicted molar refractivity (Wildman–Crippen MR) is 77.2 cm³/mol. The number of carbonyl (C=O) groups is 1. The largest absolute Gasteiger partial charge is 0.325 e. The van der Waals surface area contributed by atoms with Crippen molar-refractivity contribution in [1.82, 2.24) is 4.90 Å². The van der Waals surface area contributed by atoms with Gasteiger partial charge in [0.15, 0.2) is 0 Å². The van der Waals surface area contributed by atoms with E-state index in [1.807, 2.05) is 12.1 Å². The number of hydrogen-bond acceptors (Lipinski definition) is 2. The molecule has 0 saturated carbocycles. The highest BCUT2D eigenvalue weighted by atomic mass is 16.2. The highest BCUT2D eigenvalue weighted by Crippen LogP contribution is 2.41. The molecule has 2 aliphatic rings. The first-order valence-corrected chi connectivity index (χ1v) is 7.24. The van der Waals surface area contributed by atoms with Crippen molar-refractivity contribution in [2.75, 3.05) is 18.4 Å². The van der Waals surface area contributed by atoms with Crippen LogP contribution in [0.4, 0.5) is 5.69 Å². The summed E-state index contributed by atoms with van der Waals surface area (Å²) in [5, 5.41) is 3.11. The number of hydrogen-bond donors (Lipinski definition) is 1. The zero-order valence-corrected chi connectivity index (χ0v) is 11.8. The Morgan fingerprint density at radius 1 is 1.21 bits per heavy atom. The molecular formula is C16H22N2O. The highest BCUT2D eigenvalue weighted by Gasteiger charge is 2.44. The molecule has 0 bridgehead atoms. The highest BCUT2D eigenvalue weighted by molar-refractivity contribution is 5.98. The van der Waals surface area contributed by atoms with Crippen LogP contribution in [-0.2, 0) is 11.2 Å². The second-order valence-corrected chi connectivity index (χ2v) is 6.20. The van der Waals surface area contributed by atoms with Crippen molar-refractivity contribution in [1.29, 1.82) is 0 Å². The number of para-hydroxylation sites is 1. The SMILES string of the molecule is CC(C)N1CCC2(CC1)Cc1ccccc1NC2=O. The van der Waals surface area contributed by atoms with Crippen LogP contribution in [0, 0.1) is 5.41 Å². The molecule has 1 amide bonds. The van der Waals surface area contributed by atoms with E-state index >= 15 is 0 Å². The van der Waals surface area contributed by atoms with Crippen LogP contribution in [0.5, 0.6) is 0 Å². The summed E-state index contributed by atoms with van der Waals surface area (Å²) >= 11 is 0. The Morgan fingerprint density at radius 2 is 1.89 bits per heavy atom. The van der Waals surface area contributed by atoms with Gasteiger partial charge in [0.25, 0.3) is 0 Å². The summed E-state index contributed by atoms with van der Waals surface area (Å²) in [6.07, 6.45) is 2.86. The summed E-state index contributed by atoms with van der Waals surface area (Å²) in [7, 11) is 0. The molecule has 0 unspecified atom stereocenters. The molecule has 1 fully saturated rings. The molecular weight excluding hydrogens is 236 g/mol. The van der Waals surface area contributed by atoms with Crippen LogP contribution in [0.15, 0.2) is 24.3 Å². The molecule has 2 aliphatic heterocycles. The molecule has 1 aromatic carbocycles. The Morgan fingerprint density at radius 3 is 2.58 bits per heavy atom. The number of fused-ring (bicyclic) bond motifs is 1. The first-order chi connectivity index (χ1) is 9.11. The average Bonchev–Trinajstić information content (AvgIpc) is 2.41. The predicted octanol–water partition coefficient (Wildman–Crippen LogP) is 2.67. The van der Waals surface area contributed by atoms with Gasteiger partial charge in [0.1, 0.15) is 0 Å². The molecule has 3 heteroatoms. The third kappa shape index (κ3) is 2.16. The van der Waals surface area contributed by atoms with E-state index in [1.54, 1.807) is 0 Å². The van der Waals surface area contributed by atoms with Gasteiger partial charge in [-0.05, 0) is 57.8 Å². The maximum atomic E-state index is 12.5. The van der Waals surface area contributed by atoms with Crippen LogP contribution in [0.25, 0.3) is 0 Å². The number of rotatable bonds is 1. The van der Waals surface area contributed by atoms with Crippen molar-refractivity contribution in [2.45, 2.75) is 39.2 Å². The lowest BCUT2D eigenvalue weighted by Gasteiger charge is -2.44. The maximum Gasteiger partial charge on any atom is 0.231 e. The number of likely N-dealkylation sites (tertiary alicyclic amines) is 1. The zero-order valence-electron chi connectivity index (χ0n) is 11.8. The topological polar surface area (TPSA) is 32.3 Å². The molecule has 0 aromatic heterocycles. The first-order valence-electron chi connectivity index (χ1n) is 7.24. The molecule has 1 saturated heterocycles. The van der Waals surface area contributed by atoms with Gasteiger partial charge in [-0.3, -0.25) is 4.79 Å². The van der Waals surface area contributed by atoms with E-state index in [-0.39, 0.29) is 11.3 Å². The summed E-state index contributed by atoms with van der Waals surface area (Å²) in [6, 6.07) is 8.77. The minimum atomic E-state index is -0.167. The average molecular weight is 258 g/mol. The summed E-state index contributed by atoms with van der Waals surface area (Å²) in [4.78, 5) is 15.0. The van der Waals surface area contributed by atoms with Crippen LogP contribution in [0.3, 0.4) is 0 Å². The van der Waals surface area contributed by atoms with Crippen molar-refractivity contribution >= 4 is 11.6 Å². The fourth-order valence-electron chi connectivity index (χ4n) is 3.37. The van der Waals surface area contributed by atoms with Gasteiger partial charge in [-0.15, -0.1) is 0 Å². The Bertz CT molecular complexity index is 487. The van der Waals surface area contributed by atoms with E-state index in [0.717, 1.165) is 38.0 Å². The van der Waals surface area contributed by atoms with Gasteiger partial charge in [-0.2, -0.15) is 0 Å². The maximum absolute atomic E-state index is 12.5. The van der Waals surface area contributed by atoms with Crippen molar-refractivity contribution < 1.29 is 4.79 Å². The molecule has 1 aromatic rings. The third-order valence-corrected chi connectivity index (χ3v) is 4.76. The van der Waals surface area contributed by atoms with Gasteiger partial charge < -0.3 is 10.2 Å². The van der Waals surface area contributed by atoms with Gasteiger partial charge in [-0.1, -0.05) is 18.2 Å². The number of benzene rings is 1. The van der Waals surface area contributed by atoms with Gasteiger partial charge in [-0.25, -0.2) is 0 Å². The first kappa shape index (κ1) is 12.7. The lowest BCUT2D eigenvalue weighted by Crippen LogP contribution is -2.51. The lowest BCUT2D eigenvalue weighted by atomic mass is 9.71. The molecule has 2 heterocycles. The van der Waals surface area contributed by atoms with Gasteiger partial charge >= 0.3 is 0 Å². The Labute approximate surface area is 115 Å². The molecule has 0 atom stereocenters. The summed E-state index contributed by atoms with van der Waals surface area (Å²) < 4.78 is 0. The molecule has 102 valence electrons. The minimum absolute atomic E-state index is 0.167. The zero-order chi connectivity index (χ0) is 13.5. The number of piperidine rings is 1. The fourth-order valence-corrected chi connectivity index (χ4v) is 3.37. The van der Waals surface area contributed by atoms with E-state index in [9.17, 15) is 4.79 Å². The molecule has 3 rings (SSSR count). The number of carbonyl (C=O) groups excluding carboxylic acids is 1. The van der Waals surface area contributed by atoms with Crippen molar-refractivity contribution in [2.24, 2.45) is 5.41 Å². The van der Waals surface area contributed by atoms with Gasteiger partial charge in [0.05, 0.1) is 5.41 Å². The van der Waals surface area contributed by atoms with Gasteiger partial charge in [0, 0.05) is 11.7 Å². The van der Waals surface area contributed by atoms with Crippen LogP contribution in [-0.4, -0.2) is 29.9 Å². The standard InChI is InChI=1S/C16H22N2O/c1-12(2)18-9-7-16(8-10-18)11-13-5-3-4-6-14(13)17-15(16)19/h3-6,12H,7-11H2,1-2H3,(H,17,19). The van der Waals surface area contributed by atoms with Crippen molar-refractivity contribution in [3.8, 4) is 0 Å². The number of amides is 1. The molecule has 19 heavy (non-hydrogen) atoms. The fraction of sp³-hybridized carbons (Fsp3) is 0.562. The van der Waals surface area contributed by atoms with Crippen LogP contribution in [0.2, 0.25) is 0 Å². The quantitative estimate of drug-likeness (QED) is 0.840.